The standard InChI is InChI=1S/C20H20FNO5/c1-10-6-13-9-17(27-16(13)7-11(10)2)19(23)22-18(20(24)25)12-4-5-15(26-3)14(21)8-12/h4-8,17-18H,9H2,1-3H3,(H,22,23)(H,24,25). The van der Waals surface area contributed by atoms with E-state index in [1.165, 1.54) is 19.2 Å². The summed E-state index contributed by atoms with van der Waals surface area (Å²) in [5.74, 6) is -1.94. The van der Waals surface area contributed by atoms with Crippen molar-refractivity contribution >= 4 is 11.9 Å². The number of methoxy groups -OCH3 is 1. The van der Waals surface area contributed by atoms with Crippen molar-refractivity contribution in [2.75, 3.05) is 7.11 Å². The minimum atomic E-state index is -1.39. The van der Waals surface area contributed by atoms with Crippen molar-refractivity contribution in [3.8, 4) is 11.5 Å². The van der Waals surface area contributed by atoms with Gasteiger partial charge in [0.15, 0.2) is 23.7 Å². The normalized spacial score (nSPS) is 16.2. The summed E-state index contributed by atoms with van der Waals surface area (Å²) >= 11 is 0. The number of aliphatic carboxylic acids is 1. The number of rotatable bonds is 5. The second-order valence-corrected chi connectivity index (χ2v) is 6.53. The SMILES string of the molecule is COc1ccc(C(NC(=O)C2Cc3cc(C)c(C)cc3O2)C(=O)O)cc1F. The lowest BCUT2D eigenvalue weighted by molar-refractivity contribution is -0.143. The lowest BCUT2D eigenvalue weighted by Crippen LogP contribution is -2.42. The average molecular weight is 373 g/mol. The number of hydrogen-bond donors (Lipinski definition) is 2. The Hall–Kier alpha value is -3.09. The van der Waals surface area contributed by atoms with Crippen molar-refractivity contribution in [2.45, 2.75) is 32.4 Å². The van der Waals surface area contributed by atoms with E-state index in [9.17, 15) is 19.1 Å². The molecule has 0 fully saturated rings. The number of benzene rings is 2. The molecule has 2 aromatic carbocycles. The van der Waals surface area contributed by atoms with Crippen LogP contribution in [0.2, 0.25) is 0 Å². The highest BCUT2D eigenvalue weighted by molar-refractivity contribution is 5.88. The molecule has 1 amide bonds. The summed E-state index contributed by atoms with van der Waals surface area (Å²) in [4.78, 5) is 24.2. The predicted octanol–water partition coefficient (Wildman–Crippen LogP) is 2.70. The number of carboxylic acid groups (broad SMARTS) is 1. The predicted molar refractivity (Wildman–Crippen MR) is 95.5 cm³/mol. The molecule has 0 spiro atoms. The minimum absolute atomic E-state index is 0.00506. The summed E-state index contributed by atoms with van der Waals surface area (Å²) in [7, 11) is 1.31. The van der Waals surface area contributed by atoms with Crippen LogP contribution in [0.5, 0.6) is 11.5 Å². The lowest BCUT2D eigenvalue weighted by atomic mass is 10.0. The molecule has 2 unspecified atom stereocenters. The van der Waals surface area contributed by atoms with E-state index in [0.717, 1.165) is 22.8 Å². The Bertz CT molecular complexity index is 880. The molecule has 2 atom stereocenters. The molecule has 0 aliphatic carbocycles. The fourth-order valence-corrected chi connectivity index (χ4v) is 3.04. The van der Waals surface area contributed by atoms with Gasteiger partial charge in [-0.15, -0.1) is 0 Å². The second kappa shape index (κ2) is 7.26. The van der Waals surface area contributed by atoms with Crippen molar-refractivity contribution in [2.24, 2.45) is 0 Å². The van der Waals surface area contributed by atoms with Crippen LogP contribution in [0.3, 0.4) is 0 Å². The van der Waals surface area contributed by atoms with Gasteiger partial charge < -0.3 is 19.9 Å². The summed E-state index contributed by atoms with van der Waals surface area (Å²) in [5.41, 5.74) is 3.15. The third kappa shape index (κ3) is 3.72. The van der Waals surface area contributed by atoms with Crippen molar-refractivity contribution in [1.29, 1.82) is 0 Å². The number of carbonyl (C=O) groups is 2. The Balaban J connectivity index is 1.77. The molecular formula is C20H20FNO5. The molecule has 1 aliphatic heterocycles. The Labute approximate surface area is 155 Å². The number of carbonyl (C=O) groups excluding carboxylic acids is 1. The van der Waals surface area contributed by atoms with E-state index in [-0.39, 0.29) is 11.3 Å². The summed E-state index contributed by atoms with van der Waals surface area (Å²) in [6, 6.07) is 6.19. The highest BCUT2D eigenvalue weighted by atomic mass is 19.1. The number of nitrogens with one attached hydrogen (secondary N) is 1. The molecule has 2 aromatic rings. The first-order chi connectivity index (χ1) is 12.8. The maximum absolute atomic E-state index is 13.9. The third-order valence-electron chi connectivity index (χ3n) is 4.69. The first kappa shape index (κ1) is 18.7. The summed E-state index contributed by atoms with van der Waals surface area (Å²) in [6.07, 6.45) is -0.475. The van der Waals surface area contributed by atoms with Gasteiger partial charge >= 0.3 is 5.97 Å². The molecule has 3 rings (SSSR count). The van der Waals surface area contributed by atoms with E-state index in [2.05, 4.69) is 5.32 Å². The van der Waals surface area contributed by atoms with Crippen molar-refractivity contribution in [1.82, 2.24) is 5.32 Å². The molecule has 142 valence electrons. The van der Waals surface area contributed by atoms with Crippen LogP contribution in [-0.2, 0) is 16.0 Å². The molecule has 1 aliphatic rings. The molecule has 0 aromatic heterocycles. The first-order valence-electron chi connectivity index (χ1n) is 8.43. The van der Waals surface area contributed by atoms with Crippen LogP contribution < -0.4 is 14.8 Å². The fourth-order valence-electron chi connectivity index (χ4n) is 3.04. The van der Waals surface area contributed by atoms with E-state index >= 15 is 0 Å². The van der Waals surface area contributed by atoms with Crippen LogP contribution in [0, 0.1) is 19.7 Å². The number of carboxylic acids is 1. The van der Waals surface area contributed by atoms with E-state index in [4.69, 9.17) is 9.47 Å². The molecule has 0 saturated heterocycles. The van der Waals surface area contributed by atoms with Crippen LogP contribution in [0.4, 0.5) is 4.39 Å². The lowest BCUT2D eigenvalue weighted by Gasteiger charge is -2.18. The number of amides is 1. The van der Waals surface area contributed by atoms with Gasteiger partial charge in [0.1, 0.15) is 5.75 Å². The topological polar surface area (TPSA) is 84.9 Å². The molecule has 6 nitrogen and oxygen atoms in total. The van der Waals surface area contributed by atoms with Gasteiger partial charge in [-0.2, -0.15) is 0 Å². The number of ether oxygens (including phenoxy) is 2. The maximum Gasteiger partial charge on any atom is 0.330 e. The monoisotopic (exact) mass is 373 g/mol. The summed E-state index contributed by atoms with van der Waals surface area (Å²) in [6.45, 7) is 3.92. The van der Waals surface area contributed by atoms with Crippen molar-refractivity contribution < 1.29 is 28.6 Å². The van der Waals surface area contributed by atoms with Crippen LogP contribution in [-0.4, -0.2) is 30.2 Å². The van der Waals surface area contributed by atoms with E-state index in [1.807, 2.05) is 26.0 Å². The van der Waals surface area contributed by atoms with Crippen molar-refractivity contribution in [3.63, 3.8) is 0 Å². The molecule has 0 bridgehead atoms. The quantitative estimate of drug-likeness (QED) is 0.842. The van der Waals surface area contributed by atoms with E-state index in [0.29, 0.717) is 12.2 Å². The van der Waals surface area contributed by atoms with Crippen molar-refractivity contribution in [3.05, 3.63) is 58.4 Å². The van der Waals surface area contributed by atoms with Gasteiger partial charge in [-0.3, -0.25) is 4.79 Å². The maximum atomic E-state index is 13.9. The Morgan fingerprint density at radius 1 is 1.26 bits per heavy atom. The second-order valence-electron chi connectivity index (χ2n) is 6.53. The zero-order valence-corrected chi connectivity index (χ0v) is 15.2. The molecular weight excluding hydrogens is 353 g/mol. The van der Waals surface area contributed by atoms with Crippen LogP contribution in [0.1, 0.15) is 28.3 Å². The molecule has 7 heteroatoms. The van der Waals surface area contributed by atoms with Gasteiger partial charge in [0.25, 0.3) is 5.91 Å². The van der Waals surface area contributed by atoms with Gasteiger partial charge in [-0.25, -0.2) is 9.18 Å². The smallest absolute Gasteiger partial charge is 0.330 e. The van der Waals surface area contributed by atoms with Crippen LogP contribution >= 0.6 is 0 Å². The molecule has 2 N–H and O–H groups in total. The van der Waals surface area contributed by atoms with Gasteiger partial charge in [-0.05, 0) is 54.3 Å². The minimum Gasteiger partial charge on any atom is -0.494 e. The highest BCUT2D eigenvalue weighted by Gasteiger charge is 2.33. The summed E-state index contributed by atoms with van der Waals surface area (Å²) in [5, 5.41) is 11.9. The number of halogens is 1. The third-order valence-corrected chi connectivity index (χ3v) is 4.69. The zero-order chi connectivity index (χ0) is 19.7. The van der Waals surface area contributed by atoms with Gasteiger partial charge in [0, 0.05) is 6.42 Å². The zero-order valence-electron chi connectivity index (χ0n) is 15.2. The largest absolute Gasteiger partial charge is 0.494 e. The highest BCUT2D eigenvalue weighted by Crippen LogP contribution is 2.32. The van der Waals surface area contributed by atoms with Gasteiger partial charge in [-0.1, -0.05) is 12.1 Å². The van der Waals surface area contributed by atoms with Gasteiger partial charge in [0.05, 0.1) is 7.11 Å². The molecule has 27 heavy (non-hydrogen) atoms. The molecule has 0 saturated carbocycles. The average Bonchev–Trinajstić information content (AvgIpc) is 3.02. The van der Waals surface area contributed by atoms with E-state index in [1.54, 1.807) is 0 Å². The first-order valence-corrected chi connectivity index (χ1v) is 8.43. The summed E-state index contributed by atoms with van der Waals surface area (Å²) < 4.78 is 24.4. The molecule has 0 radical (unpaired) electrons. The Morgan fingerprint density at radius 3 is 2.59 bits per heavy atom. The number of hydrogen-bond acceptors (Lipinski definition) is 4. The van der Waals surface area contributed by atoms with E-state index < -0.39 is 29.8 Å². The molecule has 1 heterocycles. The van der Waals surface area contributed by atoms with Crippen LogP contribution in [0.25, 0.3) is 0 Å². The number of aryl methyl sites for hydroxylation is 2. The Morgan fingerprint density at radius 2 is 1.96 bits per heavy atom. The van der Waals surface area contributed by atoms with Gasteiger partial charge in [0.2, 0.25) is 0 Å². The van der Waals surface area contributed by atoms with Crippen LogP contribution in [0.15, 0.2) is 30.3 Å². The number of fused-ring (bicyclic) bond motifs is 1. The fraction of sp³-hybridized carbons (Fsp3) is 0.300. The Kier molecular flexibility index (Phi) is 5.03.